The Morgan fingerprint density at radius 2 is 0.647 bits per heavy atom. The minimum atomic E-state index is -0.955. The maximum atomic E-state index is 11.4. The van der Waals surface area contributed by atoms with Crippen LogP contribution in [0.25, 0.3) is 0 Å². The summed E-state index contributed by atoms with van der Waals surface area (Å²) in [5, 5.41) is 26.3. The van der Waals surface area contributed by atoms with Gasteiger partial charge in [0.25, 0.3) is 0 Å². The van der Waals surface area contributed by atoms with Crippen LogP contribution in [0.1, 0.15) is 258 Å². The molecule has 0 rings (SSSR count). The highest BCUT2D eigenvalue weighted by Crippen LogP contribution is 2.16. The first-order chi connectivity index (χ1) is 25.0. The Morgan fingerprint density at radius 3 is 0.882 bits per heavy atom. The van der Waals surface area contributed by atoms with Gasteiger partial charge in [-0.05, 0) is 12.8 Å². The molecule has 0 amide bonds. The van der Waals surface area contributed by atoms with E-state index in [-0.39, 0.29) is 19.2 Å². The number of ether oxygens (including phenoxy) is 1. The van der Waals surface area contributed by atoms with Crippen LogP contribution in [0, 0.1) is 0 Å². The van der Waals surface area contributed by atoms with Crippen LogP contribution in [0.15, 0.2) is 0 Å². The lowest BCUT2D eigenvalue weighted by Crippen LogP contribution is -2.21. The molecule has 0 spiro atoms. The van der Waals surface area contributed by atoms with Crippen molar-refractivity contribution < 1.29 is 29.6 Å². The summed E-state index contributed by atoms with van der Waals surface area (Å²) in [5.74, 6) is -0.926. The third kappa shape index (κ3) is 51.0. The molecule has 0 aromatic carbocycles. The highest BCUT2D eigenvalue weighted by Gasteiger charge is 2.07. The van der Waals surface area contributed by atoms with Gasteiger partial charge in [0.2, 0.25) is 0 Å². The zero-order chi connectivity index (χ0) is 37.7. The molecule has 51 heavy (non-hydrogen) atoms. The summed E-state index contributed by atoms with van der Waals surface area (Å²) in [4.78, 5) is 21.8. The number of carbonyl (C=O) groups excluding carboxylic acids is 1. The van der Waals surface area contributed by atoms with Gasteiger partial charge in [0, 0.05) is 12.8 Å². The Kier molecular flexibility index (Phi) is 47.8. The minimum Gasteiger partial charge on any atom is -0.481 e. The molecule has 0 fully saturated rings. The predicted octanol–water partition coefficient (Wildman–Crippen LogP) is 13.8. The first kappa shape index (κ1) is 52.0. The van der Waals surface area contributed by atoms with Crippen LogP contribution in [0.5, 0.6) is 0 Å². The average Bonchev–Trinajstić information content (AvgIpc) is 3.13. The third-order valence-corrected chi connectivity index (χ3v) is 10.1. The van der Waals surface area contributed by atoms with E-state index in [0.29, 0.717) is 12.8 Å². The fourth-order valence-corrected chi connectivity index (χ4v) is 6.66. The van der Waals surface area contributed by atoms with Crippen molar-refractivity contribution in [3.8, 4) is 0 Å². The quantitative estimate of drug-likeness (QED) is 0.0428. The number of aliphatic hydroxyl groups excluding tert-OH is 2. The Bertz CT molecular complexity index is 669. The van der Waals surface area contributed by atoms with Crippen molar-refractivity contribution in [2.75, 3.05) is 13.2 Å². The lowest BCUT2D eigenvalue weighted by atomic mass is 10.0. The molecule has 0 saturated carbocycles. The molecule has 6 heteroatoms. The Balaban J connectivity index is 0. The standard InChI is InChI=1S/C25H50O4.C20H40O2/c1-2-3-4-5-6-7-8-9-10-11-12-13-14-15-16-17-18-19-20-21-25(28)29-23-24(27)22-26;1-2-3-4-5-6-7-8-9-10-11-12-13-14-15-16-17-18-19-20(21)22/h24,26-27H,2-23H2,1H3;2-19H2,1H3,(H,21,22). The van der Waals surface area contributed by atoms with Gasteiger partial charge < -0.3 is 20.1 Å². The zero-order valence-corrected chi connectivity index (χ0v) is 34.4. The number of aliphatic carboxylic acids is 1. The summed E-state index contributed by atoms with van der Waals surface area (Å²) < 4.78 is 4.88. The second-order valence-electron chi connectivity index (χ2n) is 15.4. The summed E-state index contributed by atoms with van der Waals surface area (Å²) >= 11 is 0. The number of carboxylic acids is 1. The lowest BCUT2D eigenvalue weighted by molar-refractivity contribution is -0.147. The van der Waals surface area contributed by atoms with E-state index in [1.54, 1.807) is 0 Å². The largest absolute Gasteiger partial charge is 0.481 e. The molecule has 0 aromatic rings. The van der Waals surface area contributed by atoms with Crippen molar-refractivity contribution in [1.29, 1.82) is 0 Å². The first-order valence-electron chi connectivity index (χ1n) is 22.6. The van der Waals surface area contributed by atoms with E-state index in [1.165, 1.54) is 205 Å². The van der Waals surface area contributed by atoms with Crippen molar-refractivity contribution in [1.82, 2.24) is 0 Å². The van der Waals surface area contributed by atoms with Crippen molar-refractivity contribution in [2.24, 2.45) is 0 Å². The molecule has 306 valence electrons. The Morgan fingerprint density at radius 1 is 0.412 bits per heavy atom. The summed E-state index contributed by atoms with van der Waals surface area (Å²) in [5.41, 5.74) is 0. The number of carbonyl (C=O) groups is 2. The molecule has 3 N–H and O–H groups in total. The number of hydrogen-bond donors (Lipinski definition) is 3. The van der Waals surface area contributed by atoms with E-state index in [0.717, 1.165) is 25.7 Å². The molecule has 0 aliphatic heterocycles. The molecule has 0 radical (unpaired) electrons. The Labute approximate surface area is 318 Å². The van der Waals surface area contributed by atoms with Crippen LogP contribution in [-0.2, 0) is 14.3 Å². The van der Waals surface area contributed by atoms with Crippen LogP contribution in [-0.4, -0.2) is 46.6 Å². The minimum absolute atomic E-state index is 0.103. The van der Waals surface area contributed by atoms with Crippen molar-refractivity contribution in [2.45, 2.75) is 264 Å². The number of rotatable bonds is 41. The van der Waals surface area contributed by atoms with E-state index in [2.05, 4.69) is 13.8 Å². The van der Waals surface area contributed by atoms with Crippen molar-refractivity contribution >= 4 is 11.9 Å². The molecule has 0 aromatic heterocycles. The van der Waals surface area contributed by atoms with Crippen LogP contribution < -0.4 is 0 Å². The van der Waals surface area contributed by atoms with Gasteiger partial charge in [-0.2, -0.15) is 0 Å². The highest BCUT2D eigenvalue weighted by atomic mass is 16.5. The van der Waals surface area contributed by atoms with E-state index < -0.39 is 12.1 Å². The van der Waals surface area contributed by atoms with Gasteiger partial charge in [-0.25, -0.2) is 0 Å². The normalized spacial score (nSPS) is 11.7. The van der Waals surface area contributed by atoms with Crippen molar-refractivity contribution in [3.63, 3.8) is 0 Å². The van der Waals surface area contributed by atoms with Crippen molar-refractivity contribution in [3.05, 3.63) is 0 Å². The van der Waals surface area contributed by atoms with Gasteiger partial charge in [0.15, 0.2) is 0 Å². The molecule has 0 aliphatic rings. The van der Waals surface area contributed by atoms with Crippen LogP contribution >= 0.6 is 0 Å². The van der Waals surface area contributed by atoms with E-state index in [1.807, 2.05) is 0 Å². The van der Waals surface area contributed by atoms with Gasteiger partial charge in [0.1, 0.15) is 12.7 Å². The molecular weight excluding hydrogens is 636 g/mol. The molecule has 0 bridgehead atoms. The summed E-state index contributed by atoms with van der Waals surface area (Å²) in [6.45, 7) is 4.08. The first-order valence-corrected chi connectivity index (χ1v) is 22.6. The maximum Gasteiger partial charge on any atom is 0.305 e. The van der Waals surface area contributed by atoms with Gasteiger partial charge in [-0.15, -0.1) is 0 Å². The summed E-state index contributed by atoms with van der Waals surface area (Å²) in [6.07, 6.45) is 48.0. The molecule has 1 unspecified atom stereocenters. The highest BCUT2D eigenvalue weighted by molar-refractivity contribution is 5.69. The molecule has 6 nitrogen and oxygen atoms in total. The number of aliphatic hydroxyl groups is 2. The van der Waals surface area contributed by atoms with Crippen LogP contribution in [0.2, 0.25) is 0 Å². The molecule has 1 atom stereocenters. The molecular formula is C45H90O6. The molecule has 0 heterocycles. The third-order valence-electron chi connectivity index (χ3n) is 10.1. The SMILES string of the molecule is CCCCCCCCCCCCCCCCCCCC(=O)O.CCCCCCCCCCCCCCCCCCCCCC(=O)OCC(O)CO. The smallest absolute Gasteiger partial charge is 0.305 e. The second-order valence-corrected chi connectivity index (χ2v) is 15.4. The van der Waals surface area contributed by atoms with Crippen LogP contribution in [0.3, 0.4) is 0 Å². The monoisotopic (exact) mass is 727 g/mol. The summed E-state index contributed by atoms with van der Waals surface area (Å²) in [6, 6.07) is 0. The average molecular weight is 727 g/mol. The number of hydrogen-bond acceptors (Lipinski definition) is 5. The summed E-state index contributed by atoms with van der Waals surface area (Å²) in [7, 11) is 0. The Hall–Kier alpha value is -1.14. The number of unbranched alkanes of at least 4 members (excludes halogenated alkanes) is 34. The van der Waals surface area contributed by atoms with Crippen LogP contribution in [0.4, 0.5) is 0 Å². The van der Waals surface area contributed by atoms with E-state index >= 15 is 0 Å². The van der Waals surface area contributed by atoms with Gasteiger partial charge in [-0.3, -0.25) is 9.59 Å². The lowest BCUT2D eigenvalue weighted by Gasteiger charge is -2.08. The number of carboxylic acid groups (broad SMARTS) is 1. The van der Waals surface area contributed by atoms with E-state index in [9.17, 15) is 9.59 Å². The maximum absolute atomic E-state index is 11.4. The molecule has 0 aliphatic carbocycles. The van der Waals surface area contributed by atoms with E-state index in [4.69, 9.17) is 20.1 Å². The van der Waals surface area contributed by atoms with Gasteiger partial charge in [0.05, 0.1) is 6.61 Å². The predicted molar refractivity (Wildman–Crippen MR) is 218 cm³/mol. The second kappa shape index (κ2) is 46.9. The fourth-order valence-electron chi connectivity index (χ4n) is 6.66. The zero-order valence-electron chi connectivity index (χ0n) is 34.4. The topological polar surface area (TPSA) is 104 Å². The number of esters is 1. The fraction of sp³-hybridized carbons (Fsp3) is 0.956. The van der Waals surface area contributed by atoms with Gasteiger partial charge in [-0.1, -0.05) is 232 Å². The van der Waals surface area contributed by atoms with Gasteiger partial charge >= 0.3 is 11.9 Å². The molecule has 0 saturated heterocycles.